The zero-order valence-corrected chi connectivity index (χ0v) is 17.9. The molecule has 4 rings (SSSR count). The summed E-state index contributed by atoms with van der Waals surface area (Å²) in [5, 5.41) is 5.26. The molecule has 0 saturated carbocycles. The highest BCUT2D eigenvalue weighted by molar-refractivity contribution is 7.17. The Kier molecular flexibility index (Phi) is 6.40. The van der Waals surface area contributed by atoms with E-state index in [0.717, 1.165) is 41.0 Å². The second-order valence-electron chi connectivity index (χ2n) is 7.08. The topological polar surface area (TPSA) is 72.5 Å². The smallest absolute Gasteiger partial charge is 0.311 e. The molecule has 1 aliphatic carbocycles. The van der Waals surface area contributed by atoms with Crippen LogP contribution < -0.4 is 5.32 Å². The van der Waals surface area contributed by atoms with Crippen molar-refractivity contribution in [3.63, 3.8) is 0 Å². The van der Waals surface area contributed by atoms with Crippen LogP contribution in [0.3, 0.4) is 0 Å². The number of aryl methyl sites for hydroxylation is 1. The fourth-order valence-electron chi connectivity index (χ4n) is 3.54. The Balaban J connectivity index is 1.48. The maximum atomic E-state index is 13.2. The zero-order valence-electron chi connectivity index (χ0n) is 16.3. The number of rotatable bonds is 7. The van der Waals surface area contributed by atoms with Crippen LogP contribution in [0, 0.1) is 0 Å². The quantitative estimate of drug-likeness (QED) is 0.430. The van der Waals surface area contributed by atoms with Gasteiger partial charge in [-0.1, -0.05) is 36.4 Å². The Morgan fingerprint density at radius 3 is 2.57 bits per heavy atom. The SMILES string of the molecule is O=C(COC(=O)Cc1cccs1)Nc1sc2c(c1C(=O)c1ccccc1)CCCC2. The summed E-state index contributed by atoms with van der Waals surface area (Å²) >= 11 is 2.93. The van der Waals surface area contributed by atoms with E-state index in [-0.39, 0.29) is 18.8 Å². The Morgan fingerprint density at radius 2 is 1.80 bits per heavy atom. The van der Waals surface area contributed by atoms with Crippen molar-refractivity contribution in [2.75, 3.05) is 11.9 Å². The summed E-state index contributed by atoms with van der Waals surface area (Å²) in [4.78, 5) is 39.6. The molecule has 0 bridgehead atoms. The van der Waals surface area contributed by atoms with Gasteiger partial charge < -0.3 is 10.1 Å². The van der Waals surface area contributed by atoms with Crippen LogP contribution in [0.2, 0.25) is 0 Å². The summed E-state index contributed by atoms with van der Waals surface area (Å²) in [6.45, 7) is -0.369. The second-order valence-corrected chi connectivity index (χ2v) is 9.21. The van der Waals surface area contributed by atoms with Gasteiger partial charge in [-0.3, -0.25) is 14.4 Å². The molecule has 0 spiro atoms. The number of hydrogen-bond donors (Lipinski definition) is 1. The van der Waals surface area contributed by atoms with Gasteiger partial charge in [0.2, 0.25) is 0 Å². The van der Waals surface area contributed by atoms with E-state index < -0.39 is 11.9 Å². The van der Waals surface area contributed by atoms with E-state index in [1.165, 1.54) is 22.7 Å². The van der Waals surface area contributed by atoms with E-state index >= 15 is 0 Å². The van der Waals surface area contributed by atoms with Crippen LogP contribution in [-0.2, 0) is 33.6 Å². The molecule has 0 unspecified atom stereocenters. The molecule has 0 fully saturated rings. The van der Waals surface area contributed by atoms with Gasteiger partial charge in [-0.05, 0) is 42.7 Å². The molecule has 5 nitrogen and oxygen atoms in total. The third-order valence-electron chi connectivity index (χ3n) is 4.95. The van der Waals surface area contributed by atoms with Gasteiger partial charge in [0.1, 0.15) is 5.00 Å². The molecule has 1 aliphatic rings. The highest BCUT2D eigenvalue weighted by Gasteiger charge is 2.27. The van der Waals surface area contributed by atoms with Gasteiger partial charge in [-0.25, -0.2) is 0 Å². The summed E-state index contributed by atoms with van der Waals surface area (Å²) in [6.07, 6.45) is 4.02. The van der Waals surface area contributed by atoms with E-state index in [0.29, 0.717) is 16.1 Å². The number of anilines is 1. The van der Waals surface area contributed by atoms with E-state index in [1.54, 1.807) is 12.1 Å². The monoisotopic (exact) mass is 439 g/mol. The first-order chi connectivity index (χ1) is 14.6. The molecule has 7 heteroatoms. The van der Waals surface area contributed by atoms with E-state index in [9.17, 15) is 14.4 Å². The number of nitrogens with one attached hydrogen (secondary N) is 1. The van der Waals surface area contributed by atoms with Gasteiger partial charge in [0.15, 0.2) is 12.4 Å². The van der Waals surface area contributed by atoms with Gasteiger partial charge in [0.05, 0.1) is 12.0 Å². The van der Waals surface area contributed by atoms with Gasteiger partial charge in [-0.2, -0.15) is 0 Å². The number of fused-ring (bicyclic) bond motifs is 1. The normalized spacial score (nSPS) is 12.8. The molecule has 0 aliphatic heterocycles. The minimum atomic E-state index is -0.446. The fourth-order valence-corrected chi connectivity index (χ4v) is 5.54. The number of esters is 1. The molecule has 30 heavy (non-hydrogen) atoms. The maximum absolute atomic E-state index is 13.2. The number of carbonyl (C=O) groups is 3. The van der Waals surface area contributed by atoms with Gasteiger partial charge >= 0.3 is 5.97 Å². The van der Waals surface area contributed by atoms with Gasteiger partial charge in [-0.15, -0.1) is 22.7 Å². The van der Waals surface area contributed by atoms with Crippen LogP contribution in [0.15, 0.2) is 47.8 Å². The first-order valence-electron chi connectivity index (χ1n) is 9.84. The lowest BCUT2D eigenvalue weighted by Crippen LogP contribution is -2.22. The number of hydrogen-bond acceptors (Lipinski definition) is 6. The fraction of sp³-hybridized carbons (Fsp3) is 0.261. The van der Waals surface area contributed by atoms with Crippen LogP contribution in [0.1, 0.15) is 44.1 Å². The standard InChI is InChI=1S/C23H21NO4S2/c25-19(14-28-20(26)13-16-9-6-12-29-16)24-23-21(17-10-4-5-11-18(17)30-23)22(27)15-7-2-1-3-8-15/h1-3,6-9,12H,4-5,10-11,13-14H2,(H,24,25). The average Bonchev–Trinajstić information content (AvgIpc) is 3.39. The summed E-state index contributed by atoms with van der Waals surface area (Å²) in [6, 6.07) is 12.8. The van der Waals surface area contributed by atoms with Crippen LogP contribution >= 0.6 is 22.7 Å². The molecule has 2 heterocycles. The number of carbonyl (C=O) groups excluding carboxylic acids is 3. The number of thiophene rings is 2. The molecule has 1 aromatic carbocycles. The van der Waals surface area contributed by atoms with Crippen molar-refractivity contribution in [2.24, 2.45) is 0 Å². The van der Waals surface area contributed by atoms with Crippen molar-refractivity contribution in [2.45, 2.75) is 32.1 Å². The minimum absolute atomic E-state index is 0.0833. The van der Waals surface area contributed by atoms with E-state index in [1.807, 2.05) is 35.7 Å². The lowest BCUT2D eigenvalue weighted by molar-refractivity contribution is -0.146. The van der Waals surface area contributed by atoms with Crippen LogP contribution in [-0.4, -0.2) is 24.3 Å². The van der Waals surface area contributed by atoms with Crippen LogP contribution in [0.5, 0.6) is 0 Å². The highest BCUT2D eigenvalue weighted by Crippen LogP contribution is 2.39. The third-order valence-corrected chi connectivity index (χ3v) is 7.03. The number of ketones is 1. The highest BCUT2D eigenvalue weighted by atomic mass is 32.1. The lowest BCUT2D eigenvalue weighted by Gasteiger charge is -2.12. The number of amides is 1. The Morgan fingerprint density at radius 1 is 1.00 bits per heavy atom. The van der Waals surface area contributed by atoms with Crippen molar-refractivity contribution in [3.05, 3.63) is 74.3 Å². The molecule has 1 amide bonds. The average molecular weight is 440 g/mol. The van der Waals surface area contributed by atoms with Gasteiger partial charge in [0.25, 0.3) is 5.91 Å². The molecule has 0 atom stereocenters. The zero-order chi connectivity index (χ0) is 20.9. The molecular formula is C23H21NO4S2. The molecule has 3 aromatic rings. The van der Waals surface area contributed by atoms with Crippen molar-refractivity contribution in [1.82, 2.24) is 0 Å². The van der Waals surface area contributed by atoms with E-state index in [4.69, 9.17) is 4.74 Å². The third kappa shape index (κ3) is 4.68. The van der Waals surface area contributed by atoms with Crippen LogP contribution in [0.4, 0.5) is 5.00 Å². The largest absolute Gasteiger partial charge is 0.455 e. The predicted octanol–water partition coefficient (Wildman–Crippen LogP) is 4.64. The minimum Gasteiger partial charge on any atom is -0.455 e. The predicted molar refractivity (Wildman–Crippen MR) is 118 cm³/mol. The van der Waals surface area contributed by atoms with Crippen LogP contribution in [0.25, 0.3) is 0 Å². The summed E-state index contributed by atoms with van der Waals surface area (Å²) < 4.78 is 5.11. The molecule has 154 valence electrons. The summed E-state index contributed by atoms with van der Waals surface area (Å²) in [7, 11) is 0. The van der Waals surface area contributed by atoms with Crippen molar-refractivity contribution in [1.29, 1.82) is 0 Å². The molecule has 0 radical (unpaired) electrons. The number of ether oxygens (including phenoxy) is 1. The van der Waals surface area contributed by atoms with Crippen molar-refractivity contribution < 1.29 is 19.1 Å². The first-order valence-corrected chi connectivity index (χ1v) is 11.5. The summed E-state index contributed by atoms with van der Waals surface area (Å²) in [5.41, 5.74) is 2.23. The Labute approximate surface area is 182 Å². The first kappa shape index (κ1) is 20.5. The van der Waals surface area contributed by atoms with Gasteiger partial charge in [0, 0.05) is 15.3 Å². The molecular weight excluding hydrogens is 418 g/mol. The molecule has 2 aromatic heterocycles. The van der Waals surface area contributed by atoms with Crippen molar-refractivity contribution in [3.8, 4) is 0 Å². The Bertz CT molecular complexity index is 1050. The maximum Gasteiger partial charge on any atom is 0.311 e. The Hall–Kier alpha value is -2.77. The second kappa shape index (κ2) is 9.36. The molecule has 1 N–H and O–H groups in total. The molecule has 0 saturated heterocycles. The summed E-state index contributed by atoms with van der Waals surface area (Å²) in [5.74, 6) is -0.964. The van der Waals surface area contributed by atoms with Crippen molar-refractivity contribution >= 4 is 45.3 Å². The number of benzene rings is 1. The lowest BCUT2D eigenvalue weighted by atomic mass is 9.92. The van der Waals surface area contributed by atoms with E-state index in [2.05, 4.69) is 5.32 Å².